The van der Waals surface area contributed by atoms with E-state index in [1.54, 1.807) is 16.9 Å². The second-order valence-corrected chi connectivity index (χ2v) is 6.51. The number of aromatic amines is 1. The molecular formula is C19H19N5O2. The first kappa shape index (κ1) is 16.3. The quantitative estimate of drug-likeness (QED) is 0.750. The van der Waals surface area contributed by atoms with Crippen LogP contribution in [0.25, 0.3) is 5.69 Å². The highest BCUT2D eigenvalue weighted by Gasteiger charge is 2.23. The Balaban J connectivity index is 1.51. The fraction of sp³-hybridized carbons (Fsp3) is 0.263. The number of benzene rings is 1. The number of nitrogens with zero attached hydrogens (tertiary/aromatic N) is 3. The Morgan fingerprint density at radius 3 is 2.92 bits per heavy atom. The average molecular weight is 349 g/mol. The zero-order valence-corrected chi connectivity index (χ0v) is 14.4. The van der Waals surface area contributed by atoms with Crippen LogP contribution in [0, 0.1) is 6.92 Å². The van der Waals surface area contributed by atoms with E-state index in [9.17, 15) is 9.59 Å². The van der Waals surface area contributed by atoms with E-state index in [0.717, 1.165) is 35.5 Å². The summed E-state index contributed by atoms with van der Waals surface area (Å²) < 4.78 is 1.76. The highest BCUT2D eigenvalue weighted by molar-refractivity contribution is 5.95. The first-order chi connectivity index (χ1) is 12.6. The summed E-state index contributed by atoms with van der Waals surface area (Å²) in [5.41, 5.74) is 3.87. The van der Waals surface area contributed by atoms with E-state index in [2.05, 4.69) is 20.6 Å². The molecule has 1 aliphatic carbocycles. The van der Waals surface area contributed by atoms with Crippen molar-refractivity contribution < 1.29 is 4.79 Å². The maximum absolute atomic E-state index is 12.7. The second-order valence-electron chi connectivity index (χ2n) is 6.51. The number of fused-ring (bicyclic) bond motifs is 1. The first-order valence-corrected chi connectivity index (χ1v) is 8.60. The lowest BCUT2D eigenvalue weighted by atomic mass is 9.92. The molecule has 1 atom stereocenters. The maximum Gasteiger partial charge on any atom is 0.264 e. The summed E-state index contributed by atoms with van der Waals surface area (Å²) >= 11 is 0. The van der Waals surface area contributed by atoms with E-state index >= 15 is 0 Å². The molecule has 0 spiro atoms. The molecule has 132 valence electrons. The molecule has 0 aliphatic heterocycles. The molecule has 0 saturated carbocycles. The van der Waals surface area contributed by atoms with Crippen molar-refractivity contribution in [3.63, 3.8) is 0 Å². The van der Waals surface area contributed by atoms with Crippen LogP contribution in [0.4, 0.5) is 0 Å². The number of carbonyl (C=O) groups excluding carboxylic acids is 1. The zero-order valence-electron chi connectivity index (χ0n) is 14.4. The van der Waals surface area contributed by atoms with Gasteiger partial charge in [0.2, 0.25) is 0 Å². The third-order valence-corrected chi connectivity index (χ3v) is 4.76. The summed E-state index contributed by atoms with van der Waals surface area (Å²) in [4.78, 5) is 24.2. The second kappa shape index (κ2) is 6.59. The van der Waals surface area contributed by atoms with Gasteiger partial charge in [0, 0.05) is 12.1 Å². The van der Waals surface area contributed by atoms with Gasteiger partial charge in [0.25, 0.3) is 11.5 Å². The predicted molar refractivity (Wildman–Crippen MR) is 96.4 cm³/mol. The molecule has 1 aromatic carbocycles. The number of amides is 1. The number of hydrogen-bond acceptors (Lipinski definition) is 4. The lowest BCUT2D eigenvalue weighted by Crippen LogP contribution is -2.39. The van der Waals surface area contributed by atoms with E-state index in [4.69, 9.17) is 0 Å². The molecule has 0 fully saturated rings. The van der Waals surface area contributed by atoms with Gasteiger partial charge < -0.3 is 5.32 Å². The molecule has 7 nitrogen and oxygen atoms in total. The Labute approximate surface area is 150 Å². The van der Waals surface area contributed by atoms with E-state index < -0.39 is 0 Å². The van der Waals surface area contributed by atoms with Gasteiger partial charge in [-0.15, -0.1) is 0 Å². The van der Waals surface area contributed by atoms with Crippen LogP contribution in [0.3, 0.4) is 0 Å². The van der Waals surface area contributed by atoms with Crippen LogP contribution in [0.5, 0.6) is 0 Å². The molecule has 7 heteroatoms. The van der Waals surface area contributed by atoms with Crippen molar-refractivity contribution in [2.45, 2.75) is 32.2 Å². The van der Waals surface area contributed by atoms with Gasteiger partial charge in [0.05, 0.1) is 28.8 Å². The summed E-state index contributed by atoms with van der Waals surface area (Å²) in [5, 5.41) is 14.0. The molecule has 2 aromatic heterocycles. The van der Waals surface area contributed by atoms with Crippen LogP contribution < -0.4 is 10.9 Å². The van der Waals surface area contributed by atoms with Crippen LogP contribution in [0.15, 0.2) is 47.4 Å². The molecule has 26 heavy (non-hydrogen) atoms. The Morgan fingerprint density at radius 2 is 2.12 bits per heavy atom. The number of nitrogens with one attached hydrogen (secondary N) is 2. The molecule has 2 heterocycles. The zero-order chi connectivity index (χ0) is 18.1. The van der Waals surface area contributed by atoms with Crippen molar-refractivity contribution in [1.29, 1.82) is 0 Å². The van der Waals surface area contributed by atoms with Crippen molar-refractivity contribution in [2.75, 3.05) is 0 Å². The van der Waals surface area contributed by atoms with Crippen LogP contribution >= 0.6 is 0 Å². The standard InChI is InChI=1S/C19H19N5O2/c1-12-16(11-20-24(12)15-5-3-2-4-6-15)19(26)21-14-7-8-17-13(9-14)10-18(25)23-22-17/h2-6,10-11,14H,7-9H2,1H3,(H,21,26)(H,23,25)/t14-/m0/s1. The lowest BCUT2D eigenvalue weighted by Gasteiger charge is -2.24. The number of para-hydroxylation sites is 1. The Kier molecular flexibility index (Phi) is 4.12. The number of rotatable bonds is 3. The van der Waals surface area contributed by atoms with E-state index in [1.165, 1.54) is 0 Å². The molecule has 1 aliphatic rings. The highest BCUT2D eigenvalue weighted by Crippen LogP contribution is 2.19. The molecule has 1 amide bonds. The monoisotopic (exact) mass is 349 g/mol. The minimum Gasteiger partial charge on any atom is -0.349 e. The smallest absolute Gasteiger partial charge is 0.264 e. The number of hydrogen-bond donors (Lipinski definition) is 2. The van der Waals surface area contributed by atoms with Crippen molar-refractivity contribution >= 4 is 5.91 Å². The van der Waals surface area contributed by atoms with Gasteiger partial charge in [-0.1, -0.05) is 18.2 Å². The molecule has 4 rings (SSSR count). The van der Waals surface area contributed by atoms with Crippen molar-refractivity contribution in [2.24, 2.45) is 0 Å². The van der Waals surface area contributed by atoms with Crippen molar-refractivity contribution in [1.82, 2.24) is 25.3 Å². The Hall–Kier alpha value is -3.22. The minimum atomic E-state index is -0.212. The average Bonchev–Trinajstić information content (AvgIpc) is 3.03. The van der Waals surface area contributed by atoms with Crippen LogP contribution in [0.2, 0.25) is 0 Å². The van der Waals surface area contributed by atoms with Gasteiger partial charge in [-0.3, -0.25) is 9.59 Å². The number of carbonyl (C=O) groups is 1. The highest BCUT2D eigenvalue weighted by atomic mass is 16.1. The van der Waals surface area contributed by atoms with Gasteiger partial charge in [0.1, 0.15) is 0 Å². The third kappa shape index (κ3) is 3.03. The number of aromatic nitrogens is 4. The van der Waals surface area contributed by atoms with Crippen molar-refractivity contribution in [3.8, 4) is 5.69 Å². The molecule has 2 N–H and O–H groups in total. The minimum absolute atomic E-state index is 0.0157. The molecule has 3 aromatic rings. The summed E-state index contributed by atoms with van der Waals surface area (Å²) in [6.07, 6.45) is 3.74. The fourth-order valence-electron chi connectivity index (χ4n) is 3.39. The van der Waals surface area contributed by atoms with Gasteiger partial charge in [0.15, 0.2) is 0 Å². The molecule has 0 bridgehead atoms. The predicted octanol–water partition coefficient (Wildman–Crippen LogP) is 1.55. The molecule has 0 unspecified atom stereocenters. The summed E-state index contributed by atoms with van der Waals surface area (Å²) in [6.45, 7) is 1.88. The first-order valence-electron chi connectivity index (χ1n) is 8.60. The molecular weight excluding hydrogens is 330 g/mol. The largest absolute Gasteiger partial charge is 0.349 e. The van der Waals surface area contributed by atoms with Crippen LogP contribution in [-0.2, 0) is 12.8 Å². The summed E-state index contributed by atoms with van der Waals surface area (Å²) in [5.74, 6) is -0.143. The SMILES string of the molecule is Cc1c(C(=O)N[C@H]2CCc3n[nH]c(=O)cc3C2)cnn1-c1ccccc1. The van der Waals surface area contributed by atoms with E-state index in [0.29, 0.717) is 12.0 Å². The van der Waals surface area contributed by atoms with E-state index in [-0.39, 0.29) is 17.5 Å². The summed E-state index contributed by atoms with van der Waals surface area (Å²) in [6, 6.07) is 11.3. The van der Waals surface area contributed by atoms with Crippen molar-refractivity contribution in [3.05, 3.63) is 75.5 Å². The topological polar surface area (TPSA) is 92.7 Å². The summed E-state index contributed by atoms with van der Waals surface area (Å²) in [7, 11) is 0. The van der Waals surface area contributed by atoms with Gasteiger partial charge >= 0.3 is 0 Å². The lowest BCUT2D eigenvalue weighted by molar-refractivity contribution is 0.0933. The van der Waals surface area contributed by atoms with Gasteiger partial charge in [-0.25, -0.2) is 9.78 Å². The number of aryl methyl sites for hydroxylation is 1. The normalized spacial score (nSPS) is 16.1. The third-order valence-electron chi connectivity index (χ3n) is 4.76. The molecule has 0 radical (unpaired) electrons. The van der Waals surface area contributed by atoms with Crippen LogP contribution in [-0.4, -0.2) is 31.9 Å². The Morgan fingerprint density at radius 1 is 1.31 bits per heavy atom. The Bertz CT molecular complexity index is 1010. The van der Waals surface area contributed by atoms with Gasteiger partial charge in [-0.05, 0) is 43.9 Å². The fourth-order valence-corrected chi connectivity index (χ4v) is 3.39. The van der Waals surface area contributed by atoms with E-state index in [1.807, 2.05) is 37.3 Å². The van der Waals surface area contributed by atoms with Crippen LogP contribution in [0.1, 0.15) is 33.7 Å². The molecule has 0 saturated heterocycles. The maximum atomic E-state index is 12.7. The van der Waals surface area contributed by atoms with Gasteiger partial charge in [-0.2, -0.15) is 10.2 Å². The number of H-pyrrole nitrogens is 1.